The van der Waals surface area contributed by atoms with Gasteiger partial charge in [0, 0.05) is 5.69 Å². The van der Waals surface area contributed by atoms with Gasteiger partial charge in [0.2, 0.25) is 0 Å². The maximum Gasteiger partial charge on any atom is 0.184 e. The highest BCUT2D eigenvalue weighted by molar-refractivity contribution is 7.22. The minimum absolute atomic E-state index is 0.0506. The van der Waals surface area contributed by atoms with Crippen molar-refractivity contribution < 1.29 is 5.11 Å². The predicted octanol–water partition coefficient (Wildman–Crippen LogP) is 2.89. The van der Waals surface area contributed by atoms with Crippen LogP contribution in [0.25, 0.3) is 10.2 Å². The van der Waals surface area contributed by atoms with Crippen molar-refractivity contribution in [2.45, 2.75) is 12.5 Å². The zero-order chi connectivity index (χ0) is 14.7. The number of benzene rings is 2. The van der Waals surface area contributed by atoms with Crippen molar-refractivity contribution in [3.05, 3.63) is 54.1 Å². The van der Waals surface area contributed by atoms with Crippen LogP contribution in [0.15, 0.2) is 48.5 Å². The SMILES string of the molecule is Nc1ccc2nc(NC(CO)Cc3ccccc3)sc2c1. The van der Waals surface area contributed by atoms with Crippen LogP contribution in [0, 0.1) is 0 Å². The van der Waals surface area contributed by atoms with Crippen LogP contribution in [-0.2, 0) is 6.42 Å². The molecule has 1 unspecified atom stereocenters. The Bertz CT molecular complexity index is 727. The van der Waals surface area contributed by atoms with Gasteiger partial charge in [0.1, 0.15) is 0 Å². The summed E-state index contributed by atoms with van der Waals surface area (Å²) in [6, 6.07) is 15.7. The molecule has 0 aliphatic heterocycles. The second-order valence-electron chi connectivity index (χ2n) is 4.96. The maximum atomic E-state index is 9.56. The van der Waals surface area contributed by atoms with Crippen molar-refractivity contribution in [1.82, 2.24) is 4.98 Å². The predicted molar refractivity (Wildman–Crippen MR) is 88.7 cm³/mol. The van der Waals surface area contributed by atoms with Gasteiger partial charge in [-0.15, -0.1) is 0 Å². The van der Waals surface area contributed by atoms with Gasteiger partial charge >= 0.3 is 0 Å². The molecule has 0 fully saturated rings. The largest absolute Gasteiger partial charge is 0.399 e. The van der Waals surface area contributed by atoms with E-state index in [4.69, 9.17) is 5.73 Å². The Kier molecular flexibility index (Phi) is 4.03. The molecule has 108 valence electrons. The van der Waals surface area contributed by atoms with E-state index in [1.807, 2.05) is 36.4 Å². The molecule has 1 atom stereocenters. The highest BCUT2D eigenvalue weighted by Crippen LogP contribution is 2.28. The van der Waals surface area contributed by atoms with E-state index >= 15 is 0 Å². The van der Waals surface area contributed by atoms with Gasteiger partial charge in [-0.25, -0.2) is 4.98 Å². The van der Waals surface area contributed by atoms with Gasteiger partial charge in [-0.3, -0.25) is 0 Å². The summed E-state index contributed by atoms with van der Waals surface area (Å²) in [6.45, 7) is 0.0625. The number of anilines is 2. The summed E-state index contributed by atoms with van der Waals surface area (Å²) >= 11 is 1.55. The molecule has 1 heterocycles. The lowest BCUT2D eigenvalue weighted by molar-refractivity contribution is 0.273. The van der Waals surface area contributed by atoms with Crippen LogP contribution in [0.4, 0.5) is 10.8 Å². The number of aromatic nitrogens is 1. The van der Waals surface area contributed by atoms with Gasteiger partial charge in [-0.05, 0) is 30.2 Å². The molecule has 3 rings (SSSR count). The molecule has 0 bridgehead atoms. The fraction of sp³-hybridized carbons (Fsp3) is 0.188. The molecule has 1 aromatic heterocycles. The second kappa shape index (κ2) is 6.11. The minimum Gasteiger partial charge on any atom is -0.399 e. The van der Waals surface area contributed by atoms with E-state index in [1.165, 1.54) is 5.56 Å². The summed E-state index contributed by atoms with van der Waals surface area (Å²) in [5.41, 5.74) is 8.63. The summed E-state index contributed by atoms with van der Waals surface area (Å²) in [6.07, 6.45) is 0.759. The average molecular weight is 299 g/mol. The van der Waals surface area contributed by atoms with E-state index in [1.54, 1.807) is 11.3 Å². The third-order valence-corrected chi connectivity index (χ3v) is 4.23. The molecule has 0 saturated carbocycles. The van der Waals surface area contributed by atoms with Crippen LogP contribution in [0.1, 0.15) is 5.56 Å². The molecule has 2 aromatic carbocycles. The van der Waals surface area contributed by atoms with Crippen LogP contribution < -0.4 is 11.1 Å². The fourth-order valence-corrected chi connectivity index (χ4v) is 3.23. The molecule has 0 amide bonds. The zero-order valence-electron chi connectivity index (χ0n) is 11.5. The standard InChI is InChI=1S/C16H17N3OS/c17-12-6-7-14-15(9-12)21-16(19-14)18-13(10-20)8-11-4-2-1-3-5-11/h1-7,9,13,20H,8,10,17H2,(H,18,19). The first-order chi connectivity index (χ1) is 10.2. The van der Waals surface area contributed by atoms with E-state index in [0.29, 0.717) is 0 Å². The fourth-order valence-electron chi connectivity index (χ4n) is 2.24. The average Bonchev–Trinajstić information content (AvgIpc) is 2.89. The molecule has 0 saturated heterocycles. The molecule has 0 spiro atoms. The Morgan fingerprint density at radius 1 is 1.19 bits per heavy atom. The van der Waals surface area contributed by atoms with E-state index in [-0.39, 0.29) is 12.6 Å². The Morgan fingerprint density at radius 3 is 2.76 bits per heavy atom. The van der Waals surface area contributed by atoms with Crippen LogP contribution in [0.5, 0.6) is 0 Å². The van der Waals surface area contributed by atoms with Gasteiger partial charge in [-0.2, -0.15) is 0 Å². The lowest BCUT2D eigenvalue weighted by Crippen LogP contribution is -2.26. The summed E-state index contributed by atoms with van der Waals surface area (Å²) < 4.78 is 1.05. The number of fused-ring (bicyclic) bond motifs is 1. The number of nitrogens with zero attached hydrogens (tertiary/aromatic N) is 1. The lowest BCUT2D eigenvalue weighted by atomic mass is 10.1. The third-order valence-electron chi connectivity index (χ3n) is 3.29. The highest BCUT2D eigenvalue weighted by atomic mass is 32.1. The van der Waals surface area contributed by atoms with Crippen molar-refractivity contribution >= 4 is 32.4 Å². The number of nitrogen functional groups attached to an aromatic ring is 1. The number of aliphatic hydroxyl groups is 1. The first-order valence-corrected chi connectivity index (χ1v) is 7.63. The van der Waals surface area contributed by atoms with Crippen LogP contribution >= 0.6 is 11.3 Å². The second-order valence-corrected chi connectivity index (χ2v) is 5.99. The van der Waals surface area contributed by atoms with Crippen molar-refractivity contribution in [2.24, 2.45) is 0 Å². The number of aliphatic hydroxyl groups excluding tert-OH is 1. The van der Waals surface area contributed by atoms with Crippen molar-refractivity contribution in [3.8, 4) is 0 Å². The van der Waals surface area contributed by atoms with Crippen molar-refractivity contribution in [3.63, 3.8) is 0 Å². The molecular weight excluding hydrogens is 282 g/mol. The summed E-state index contributed by atoms with van der Waals surface area (Å²) in [7, 11) is 0. The van der Waals surface area contributed by atoms with Crippen molar-refractivity contribution in [2.75, 3.05) is 17.7 Å². The normalized spacial score (nSPS) is 12.4. The number of hydrogen-bond acceptors (Lipinski definition) is 5. The van der Waals surface area contributed by atoms with Crippen LogP contribution in [0.3, 0.4) is 0 Å². The molecule has 21 heavy (non-hydrogen) atoms. The van der Waals surface area contributed by atoms with E-state index in [9.17, 15) is 5.11 Å². The Balaban J connectivity index is 1.76. The van der Waals surface area contributed by atoms with Gasteiger partial charge in [-0.1, -0.05) is 41.7 Å². The summed E-state index contributed by atoms with van der Waals surface area (Å²) in [5, 5.41) is 13.7. The first kappa shape index (κ1) is 13.9. The maximum absolute atomic E-state index is 9.56. The van der Waals surface area contributed by atoms with Gasteiger partial charge in [0.25, 0.3) is 0 Å². The molecule has 3 aromatic rings. The topological polar surface area (TPSA) is 71.2 Å². The minimum atomic E-state index is -0.0506. The lowest BCUT2D eigenvalue weighted by Gasteiger charge is -2.15. The number of nitrogens with two attached hydrogens (primary N) is 1. The molecule has 5 heteroatoms. The van der Waals surface area contributed by atoms with E-state index < -0.39 is 0 Å². The van der Waals surface area contributed by atoms with Gasteiger partial charge in [0.05, 0.1) is 22.9 Å². The molecule has 4 nitrogen and oxygen atoms in total. The van der Waals surface area contributed by atoms with Crippen LogP contribution in [0.2, 0.25) is 0 Å². The number of thiazole rings is 1. The number of hydrogen-bond donors (Lipinski definition) is 3. The molecular formula is C16H17N3OS. The smallest absolute Gasteiger partial charge is 0.184 e. The molecule has 4 N–H and O–H groups in total. The Hall–Kier alpha value is -2.11. The monoisotopic (exact) mass is 299 g/mol. The summed E-state index contributed by atoms with van der Waals surface area (Å²) in [5.74, 6) is 0. The quantitative estimate of drug-likeness (QED) is 0.634. The first-order valence-electron chi connectivity index (χ1n) is 6.82. The van der Waals surface area contributed by atoms with Crippen LogP contribution in [-0.4, -0.2) is 22.7 Å². The third kappa shape index (κ3) is 3.32. The molecule has 0 radical (unpaired) electrons. The molecule has 0 aliphatic rings. The number of nitrogens with one attached hydrogen (secondary N) is 1. The summed E-state index contributed by atoms with van der Waals surface area (Å²) in [4.78, 5) is 4.52. The Labute approximate surface area is 127 Å². The van der Waals surface area contributed by atoms with Crippen molar-refractivity contribution in [1.29, 1.82) is 0 Å². The zero-order valence-corrected chi connectivity index (χ0v) is 12.3. The van der Waals surface area contributed by atoms with Gasteiger partial charge < -0.3 is 16.2 Å². The van der Waals surface area contributed by atoms with E-state index in [2.05, 4.69) is 22.4 Å². The highest BCUT2D eigenvalue weighted by Gasteiger charge is 2.11. The number of rotatable bonds is 5. The van der Waals surface area contributed by atoms with Gasteiger partial charge in [0.15, 0.2) is 5.13 Å². The molecule has 0 aliphatic carbocycles. The van der Waals surface area contributed by atoms with E-state index in [0.717, 1.165) is 27.5 Å². The Morgan fingerprint density at radius 2 is 2.00 bits per heavy atom.